The number of hydrogen-bond acceptors (Lipinski definition) is 6. The minimum absolute atomic E-state index is 0.133. The van der Waals surface area contributed by atoms with Gasteiger partial charge in [0, 0.05) is 38.8 Å². The van der Waals surface area contributed by atoms with E-state index in [1.807, 2.05) is 23.6 Å². The van der Waals surface area contributed by atoms with Crippen molar-refractivity contribution in [2.45, 2.75) is 33.6 Å². The average Bonchev–Trinajstić information content (AvgIpc) is 3.02. The van der Waals surface area contributed by atoms with Crippen LogP contribution in [-0.2, 0) is 9.59 Å². The standard InChI is InChI=1S/C17H29N5O3/c1-4-17(5-2,12-18)16(24)22-8-6-21(7-9-22)11-15(23)19-14-10-13(3)25-20-14/h10H,4-9,11-12,18H2,1-3H3,(H,19,20,23). The number of amides is 2. The lowest BCUT2D eigenvalue weighted by molar-refractivity contribution is -0.144. The fraction of sp³-hybridized carbons (Fsp3) is 0.706. The molecule has 140 valence electrons. The summed E-state index contributed by atoms with van der Waals surface area (Å²) in [6.07, 6.45) is 1.50. The first-order valence-electron chi connectivity index (χ1n) is 8.89. The summed E-state index contributed by atoms with van der Waals surface area (Å²) in [6.45, 7) is 9.04. The van der Waals surface area contributed by atoms with Crippen LogP contribution in [0.15, 0.2) is 10.6 Å². The number of nitrogens with one attached hydrogen (secondary N) is 1. The van der Waals surface area contributed by atoms with Gasteiger partial charge in [0.15, 0.2) is 5.82 Å². The number of aryl methyl sites for hydroxylation is 1. The van der Waals surface area contributed by atoms with E-state index in [0.717, 1.165) is 12.8 Å². The minimum atomic E-state index is -0.454. The summed E-state index contributed by atoms with van der Waals surface area (Å²) in [5.41, 5.74) is 5.43. The highest BCUT2D eigenvalue weighted by Gasteiger charge is 2.37. The van der Waals surface area contributed by atoms with E-state index < -0.39 is 5.41 Å². The van der Waals surface area contributed by atoms with Crippen LogP contribution < -0.4 is 11.1 Å². The molecule has 1 aromatic rings. The number of piperazine rings is 1. The van der Waals surface area contributed by atoms with Crippen molar-refractivity contribution in [2.75, 3.05) is 44.6 Å². The summed E-state index contributed by atoms with van der Waals surface area (Å²) in [5.74, 6) is 1.08. The van der Waals surface area contributed by atoms with Crippen LogP contribution in [0.4, 0.5) is 5.82 Å². The lowest BCUT2D eigenvalue weighted by Gasteiger charge is -2.40. The Labute approximate surface area is 148 Å². The van der Waals surface area contributed by atoms with E-state index in [0.29, 0.717) is 44.3 Å². The number of nitrogens with zero attached hydrogens (tertiary/aromatic N) is 3. The maximum Gasteiger partial charge on any atom is 0.239 e. The first-order chi connectivity index (χ1) is 11.9. The molecule has 0 aromatic carbocycles. The van der Waals surface area contributed by atoms with Gasteiger partial charge in [-0.15, -0.1) is 0 Å². The van der Waals surface area contributed by atoms with Gasteiger partial charge in [0.25, 0.3) is 0 Å². The molecule has 1 aliphatic heterocycles. The SMILES string of the molecule is CCC(CC)(CN)C(=O)N1CCN(CC(=O)Nc2cc(C)on2)CC1. The first kappa shape index (κ1) is 19.4. The van der Waals surface area contributed by atoms with Crippen LogP contribution >= 0.6 is 0 Å². The molecule has 8 heteroatoms. The molecular formula is C17H29N5O3. The normalized spacial score (nSPS) is 16.1. The molecule has 0 atom stereocenters. The quantitative estimate of drug-likeness (QED) is 0.754. The van der Waals surface area contributed by atoms with Gasteiger partial charge in [-0.25, -0.2) is 0 Å². The van der Waals surface area contributed by atoms with E-state index in [4.69, 9.17) is 10.3 Å². The number of aromatic nitrogens is 1. The average molecular weight is 351 g/mol. The van der Waals surface area contributed by atoms with Gasteiger partial charge in [-0.1, -0.05) is 19.0 Å². The van der Waals surface area contributed by atoms with Gasteiger partial charge < -0.3 is 20.5 Å². The summed E-state index contributed by atoms with van der Waals surface area (Å²) in [4.78, 5) is 28.8. The van der Waals surface area contributed by atoms with Crippen molar-refractivity contribution in [1.29, 1.82) is 0 Å². The van der Waals surface area contributed by atoms with E-state index >= 15 is 0 Å². The zero-order valence-corrected chi connectivity index (χ0v) is 15.4. The fourth-order valence-corrected chi connectivity index (χ4v) is 3.18. The molecule has 0 unspecified atom stereocenters. The van der Waals surface area contributed by atoms with Gasteiger partial charge in [-0.2, -0.15) is 0 Å². The molecule has 0 radical (unpaired) electrons. The fourth-order valence-electron chi connectivity index (χ4n) is 3.18. The molecular weight excluding hydrogens is 322 g/mol. The Morgan fingerprint density at radius 2 is 1.92 bits per heavy atom. The summed E-state index contributed by atoms with van der Waals surface area (Å²) in [5, 5.41) is 6.46. The van der Waals surface area contributed by atoms with Crippen molar-refractivity contribution < 1.29 is 14.1 Å². The smallest absolute Gasteiger partial charge is 0.239 e. The van der Waals surface area contributed by atoms with Crippen LogP contribution in [0.1, 0.15) is 32.4 Å². The molecule has 1 saturated heterocycles. The molecule has 1 aromatic heterocycles. The summed E-state index contributed by atoms with van der Waals surface area (Å²) >= 11 is 0. The molecule has 0 saturated carbocycles. The Morgan fingerprint density at radius 3 is 2.40 bits per heavy atom. The molecule has 1 aliphatic rings. The number of anilines is 1. The highest BCUT2D eigenvalue weighted by Crippen LogP contribution is 2.28. The number of carbonyl (C=O) groups is 2. The zero-order valence-electron chi connectivity index (χ0n) is 15.4. The molecule has 0 spiro atoms. The highest BCUT2D eigenvalue weighted by molar-refractivity contribution is 5.91. The third kappa shape index (κ3) is 4.58. The maximum absolute atomic E-state index is 12.8. The van der Waals surface area contributed by atoms with E-state index in [-0.39, 0.29) is 18.4 Å². The monoisotopic (exact) mass is 351 g/mol. The van der Waals surface area contributed by atoms with E-state index in [1.165, 1.54) is 0 Å². The van der Waals surface area contributed by atoms with Gasteiger partial charge in [0.05, 0.1) is 12.0 Å². The first-order valence-corrected chi connectivity index (χ1v) is 8.89. The van der Waals surface area contributed by atoms with Gasteiger partial charge in [0.2, 0.25) is 11.8 Å². The van der Waals surface area contributed by atoms with Gasteiger partial charge in [-0.3, -0.25) is 14.5 Å². The van der Waals surface area contributed by atoms with Crippen LogP contribution in [0, 0.1) is 12.3 Å². The van der Waals surface area contributed by atoms with Crippen molar-refractivity contribution in [3.8, 4) is 0 Å². The second kappa shape index (κ2) is 8.44. The predicted molar refractivity (Wildman–Crippen MR) is 95.0 cm³/mol. The summed E-state index contributed by atoms with van der Waals surface area (Å²) in [6, 6.07) is 1.68. The summed E-state index contributed by atoms with van der Waals surface area (Å²) in [7, 11) is 0. The maximum atomic E-state index is 12.8. The molecule has 8 nitrogen and oxygen atoms in total. The third-order valence-corrected chi connectivity index (χ3v) is 5.12. The van der Waals surface area contributed by atoms with Gasteiger partial charge in [0.1, 0.15) is 5.76 Å². The van der Waals surface area contributed by atoms with Crippen molar-refractivity contribution in [3.05, 3.63) is 11.8 Å². The largest absolute Gasteiger partial charge is 0.360 e. The van der Waals surface area contributed by atoms with Crippen molar-refractivity contribution in [2.24, 2.45) is 11.1 Å². The molecule has 2 rings (SSSR count). The van der Waals surface area contributed by atoms with Crippen molar-refractivity contribution >= 4 is 17.6 Å². The predicted octanol–water partition coefficient (Wildman–Crippen LogP) is 0.831. The van der Waals surface area contributed by atoms with Gasteiger partial charge in [-0.05, 0) is 19.8 Å². The van der Waals surface area contributed by atoms with Crippen molar-refractivity contribution in [3.63, 3.8) is 0 Å². The van der Waals surface area contributed by atoms with Crippen LogP contribution in [-0.4, -0.2) is 66.0 Å². The second-order valence-electron chi connectivity index (χ2n) is 6.63. The Balaban J connectivity index is 1.83. The highest BCUT2D eigenvalue weighted by atomic mass is 16.5. The molecule has 1 fully saturated rings. The topological polar surface area (TPSA) is 105 Å². The molecule has 0 aliphatic carbocycles. The van der Waals surface area contributed by atoms with Gasteiger partial charge >= 0.3 is 0 Å². The Bertz CT molecular complexity index is 581. The van der Waals surface area contributed by atoms with E-state index in [2.05, 4.69) is 10.5 Å². The molecule has 0 bridgehead atoms. The lowest BCUT2D eigenvalue weighted by atomic mass is 9.81. The van der Waals surface area contributed by atoms with Crippen LogP contribution in [0.3, 0.4) is 0 Å². The molecule has 25 heavy (non-hydrogen) atoms. The van der Waals surface area contributed by atoms with E-state index in [9.17, 15) is 9.59 Å². The molecule has 2 amide bonds. The zero-order chi connectivity index (χ0) is 18.4. The number of rotatable bonds is 7. The van der Waals surface area contributed by atoms with E-state index in [1.54, 1.807) is 13.0 Å². The van der Waals surface area contributed by atoms with Crippen LogP contribution in [0.25, 0.3) is 0 Å². The summed E-state index contributed by atoms with van der Waals surface area (Å²) < 4.78 is 4.93. The Morgan fingerprint density at radius 1 is 1.28 bits per heavy atom. The molecule has 3 N–H and O–H groups in total. The van der Waals surface area contributed by atoms with Crippen LogP contribution in [0.2, 0.25) is 0 Å². The number of hydrogen-bond donors (Lipinski definition) is 2. The van der Waals surface area contributed by atoms with Crippen molar-refractivity contribution in [1.82, 2.24) is 15.0 Å². The number of nitrogens with two attached hydrogens (primary N) is 1. The molecule has 2 heterocycles. The Kier molecular flexibility index (Phi) is 6.55. The third-order valence-electron chi connectivity index (χ3n) is 5.12. The second-order valence-corrected chi connectivity index (χ2v) is 6.63. The number of carbonyl (C=O) groups excluding carboxylic acids is 2. The minimum Gasteiger partial charge on any atom is -0.360 e. The lowest BCUT2D eigenvalue weighted by Crippen LogP contribution is -2.55. The Hall–Kier alpha value is -1.93. The van der Waals surface area contributed by atoms with Crippen LogP contribution in [0.5, 0.6) is 0 Å².